The van der Waals surface area contributed by atoms with Gasteiger partial charge in [-0.2, -0.15) is 0 Å². The molecule has 1 rings (SSSR count). The average molecular weight is 223 g/mol. The standard InChI is InChI=1S/C12H17NO3/c1-2-3-6-9(11(14)12(15)16)10-7-4-5-8-13-10/h4-5,7-9,11,14H,2-3,6H2,1H3,(H,15,16). The fourth-order valence-corrected chi connectivity index (χ4v) is 1.66. The molecule has 16 heavy (non-hydrogen) atoms. The van der Waals surface area contributed by atoms with Crippen molar-refractivity contribution in [3.8, 4) is 0 Å². The van der Waals surface area contributed by atoms with E-state index >= 15 is 0 Å². The number of aliphatic carboxylic acids is 1. The Morgan fingerprint density at radius 3 is 2.75 bits per heavy atom. The molecule has 0 amide bonds. The number of aliphatic hydroxyl groups excluding tert-OH is 1. The van der Waals surface area contributed by atoms with Crippen molar-refractivity contribution in [3.05, 3.63) is 30.1 Å². The lowest BCUT2D eigenvalue weighted by molar-refractivity contribution is -0.148. The van der Waals surface area contributed by atoms with Gasteiger partial charge in [-0.1, -0.05) is 25.8 Å². The van der Waals surface area contributed by atoms with E-state index in [1.807, 2.05) is 6.92 Å². The van der Waals surface area contributed by atoms with Crippen LogP contribution >= 0.6 is 0 Å². The summed E-state index contributed by atoms with van der Waals surface area (Å²) in [7, 11) is 0. The highest BCUT2D eigenvalue weighted by atomic mass is 16.4. The number of carbonyl (C=O) groups is 1. The van der Waals surface area contributed by atoms with Gasteiger partial charge in [0, 0.05) is 17.8 Å². The molecule has 0 aliphatic rings. The normalized spacial score (nSPS) is 14.4. The Morgan fingerprint density at radius 1 is 1.50 bits per heavy atom. The maximum Gasteiger partial charge on any atom is 0.333 e. The third-order valence-electron chi connectivity index (χ3n) is 2.57. The van der Waals surface area contributed by atoms with Crippen molar-refractivity contribution in [1.82, 2.24) is 4.98 Å². The van der Waals surface area contributed by atoms with E-state index < -0.39 is 18.0 Å². The zero-order valence-corrected chi connectivity index (χ0v) is 9.34. The van der Waals surface area contributed by atoms with Gasteiger partial charge in [0.1, 0.15) is 0 Å². The van der Waals surface area contributed by atoms with Crippen LogP contribution in [0.2, 0.25) is 0 Å². The van der Waals surface area contributed by atoms with Gasteiger partial charge in [0.15, 0.2) is 6.10 Å². The molecular formula is C12H17NO3. The molecule has 2 atom stereocenters. The van der Waals surface area contributed by atoms with Crippen LogP contribution in [0, 0.1) is 0 Å². The maximum absolute atomic E-state index is 10.8. The van der Waals surface area contributed by atoms with E-state index in [1.165, 1.54) is 0 Å². The van der Waals surface area contributed by atoms with Crippen molar-refractivity contribution < 1.29 is 15.0 Å². The number of hydrogen-bond acceptors (Lipinski definition) is 3. The summed E-state index contributed by atoms with van der Waals surface area (Å²) in [5.41, 5.74) is 0.644. The Balaban J connectivity index is 2.83. The van der Waals surface area contributed by atoms with Crippen LogP contribution in [0.3, 0.4) is 0 Å². The highest BCUT2D eigenvalue weighted by Gasteiger charge is 2.27. The van der Waals surface area contributed by atoms with Gasteiger partial charge in [0.2, 0.25) is 0 Å². The van der Waals surface area contributed by atoms with Crippen LogP contribution in [-0.2, 0) is 4.79 Å². The summed E-state index contributed by atoms with van der Waals surface area (Å²) in [4.78, 5) is 14.9. The van der Waals surface area contributed by atoms with E-state index in [1.54, 1.807) is 24.4 Å². The first kappa shape index (κ1) is 12.6. The molecule has 2 unspecified atom stereocenters. The fourth-order valence-electron chi connectivity index (χ4n) is 1.66. The minimum atomic E-state index is -1.37. The number of aromatic nitrogens is 1. The van der Waals surface area contributed by atoms with Gasteiger partial charge in [-0.25, -0.2) is 4.79 Å². The average Bonchev–Trinajstić information content (AvgIpc) is 2.30. The molecule has 0 bridgehead atoms. The number of aliphatic hydroxyl groups is 1. The van der Waals surface area contributed by atoms with Crippen molar-refractivity contribution in [1.29, 1.82) is 0 Å². The van der Waals surface area contributed by atoms with Gasteiger partial charge in [-0.3, -0.25) is 4.98 Å². The van der Waals surface area contributed by atoms with E-state index in [4.69, 9.17) is 5.11 Å². The second-order valence-electron chi connectivity index (χ2n) is 3.79. The van der Waals surface area contributed by atoms with E-state index in [0.717, 1.165) is 12.8 Å². The van der Waals surface area contributed by atoms with Crippen LogP contribution in [-0.4, -0.2) is 27.3 Å². The number of nitrogens with zero attached hydrogens (tertiary/aromatic N) is 1. The summed E-state index contributed by atoms with van der Waals surface area (Å²) < 4.78 is 0. The second kappa shape index (κ2) is 6.23. The fraction of sp³-hybridized carbons (Fsp3) is 0.500. The first-order valence-corrected chi connectivity index (χ1v) is 5.48. The largest absolute Gasteiger partial charge is 0.479 e. The molecule has 1 aromatic heterocycles. The van der Waals surface area contributed by atoms with Crippen molar-refractivity contribution in [2.45, 2.75) is 38.2 Å². The zero-order chi connectivity index (χ0) is 12.0. The number of pyridine rings is 1. The summed E-state index contributed by atoms with van der Waals surface area (Å²) in [6, 6.07) is 5.33. The highest BCUT2D eigenvalue weighted by Crippen LogP contribution is 2.24. The third-order valence-corrected chi connectivity index (χ3v) is 2.57. The monoisotopic (exact) mass is 223 g/mol. The summed E-state index contributed by atoms with van der Waals surface area (Å²) in [5.74, 6) is -1.61. The quantitative estimate of drug-likeness (QED) is 0.771. The van der Waals surface area contributed by atoms with Crippen molar-refractivity contribution >= 4 is 5.97 Å². The molecule has 88 valence electrons. The first-order chi connectivity index (χ1) is 7.66. The number of carboxylic acid groups (broad SMARTS) is 1. The SMILES string of the molecule is CCCCC(c1ccccn1)C(O)C(=O)O. The van der Waals surface area contributed by atoms with E-state index in [9.17, 15) is 9.90 Å². The minimum absolute atomic E-state index is 0.418. The molecule has 4 nitrogen and oxygen atoms in total. The molecule has 0 radical (unpaired) electrons. The topological polar surface area (TPSA) is 70.4 Å². The Hall–Kier alpha value is -1.42. The lowest BCUT2D eigenvalue weighted by Crippen LogP contribution is -2.28. The van der Waals surface area contributed by atoms with E-state index in [2.05, 4.69) is 4.98 Å². The van der Waals surface area contributed by atoms with Crippen LogP contribution in [0.5, 0.6) is 0 Å². The molecular weight excluding hydrogens is 206 g/mol. The molecule has 4 heteroatoms. The van der Waals surface area contributed by atoms with E-state index in [-0.39, 0.29) is 0 Å². The van der Waals surface area contributed by atoms with Crippen LogP contribution in [0.15, 0.2) is 24.4 Å². The predicted octanol–water partition coefficient (Wildman–Crippen LogP) is 1.80. The third kappa shape index (κ3) is 3.31. The van der Waals surface area contributed by atoms with Gasteiger partial charge in [-0.15, -0.1) is 0 Å². The smallest absolute Gasteiger partial charge is 0.333 e. The van der Waals surface area contributed by atoms with Crippen LogP contribution in [0.1, 0.15) is 37.8 Å². The molecule has 0 aliphatic carbocycles. The Bertz CT molecular complexity index is 326. The highest BCUT2D eigenvalue weighted by molar-refractivity contribution is 5.73. The number of unbranched alkanes of at least 4 members (excludes halogenated alkanes) is 1. The Kier molecular flexibility index (Phi) is 4.92. The van der Waals surface area contributed by atoms with Gasteiger partial charge >= 0.3 is 5.97 Å². The Morgan fingerprint density at radius 2 is 2.25 bits per heavy atom. The molecule has 0 saturated heterocycles. The molecule has 0 saturated carbocycles. The van der Waals surface area contributed by atoms with Gasteiger partial charge in [-0.05, 0) is 18.6 Å². The molecule has 0 aliphatic heterocycles. The molecule has 1 heterocycles. The van der Waals surface area contributed by atoms with Crippen LogP contribution < -0.4 is 0 Å². The minimum Gasteiger partial charge on any atom is -0.479 e. The van der Waals surface area contributed by atoms with E-state index in [0.29, 0.717) is 12.1 Å². The van der Waals surface area contributed by atoms with Crippen molar-refractivity contribution in [3.63, 3.8) is 0 Å². The van der Waals surface area contributed by atoms with Gasteiger partial charge < -0.3 is 10.2 Å². The number of carboxylic acids is 1. The first-order valence-electron chi connectivity index (χ1n) is 5.48. The van der Waals surface area contributed by atoms with Crippen LogP contribution in [0.25, 0.3) is 0 Å². The zero-order valence-electron chi connectivity index (χ0n) is 9.34. The lowest BCUT2D eigenvalue weighted by atomic mass is 9.92. The summed E-state index contributed by atoms with van der Waals surface area (Å²) in [6.45, 7) is 2.03. The predicted molar refractivity (Wildman–Crippen MR) is 60.1 cm³/mol. The second-order valence-corrected chi connectivity index (χ2v) is 3.79. The van der Waals surface area contributed by atoms with Crippen molar-refractivity contribution in [2.24, 2.45) is 0 Å². The number of rotatable bonds is 6. The lowest BCUT2D eigenvalue weighted by Gasteiger charge is -2.18. The van der Waals surface area contributed by atoms with Crippen molar-refractivity contribution in [2.75, 3.05) is 0 Å². The maximum atomic E-state index is 10.8. The summed E-state index contributed by atoms with van der Waals surface area (Å²) >= 11 is 0. The molecule has 1 aromatic rings. The molecule has 2 N–H and O–H groups in total. The van der Waals surface area contributed by atoms with Gasteiger partial charge in [0.05, 0.1) is 0 Å². The van der Waals surface area contributed by atoms with Crippen LogP contribution in [0.4, 0.5) is 0 Å². The molecule has 0 fully saturated rings. The molecule has 0 spiro atoms. The summed E-state index contributed by atoms with van der Waals surface area (Å²) in [5, 5.41) is 18.5. The number of hydrogen-bond donors (Lipinski definition) is 2. The van der Waals surface area contributed by atoms with Gasteiger partial charge in [0.25, 0.3) is 0 Å². The molecule has 0 aromatic carbocycles. The Labute approximate surface area is 95.0 Å². The summed E-state index contributed by atoms with van der Waals surface area (Å²) in [6.07, 6.45) is 2.73.